The molecule has 0 bridgehead atoms. The van der Waals surface area contributed by atoms with E-state index in [9.17, 15) is 14.7 Å². The number of aliphatic hydroxyl groups is 1. The van der Waals surface area contributed by atoms with E-state index in [1.165, 1.54) is 12.0 Å². The summed E-state index contributed by atoms with van der Waals surface area (Å²) in [5.41, 5.74) is 1.87. The largest absolute Gasteiger partial charge is 0.507 e. The van der Waals surface area contributed by atoms with Crippen molar-refractivity contribution in [2.45, 2.75) is 19.4 Å². The highest BCUT2D eigenvalue weighted by Crippen LogP contribution is 2.43. The van der Waals surface area contributed by atoms with E-state index in [4.69, 9.17) is 14.2 Å². The van der Waals surface area contributed by atoms with Crippen molar-refractivity contribution < 1.29 is 28.9 Å². The Kier molecular flexibility index (Phi) is 6.97. The quantitative estimate of drug-likeness (QED) is 0.302. The summed E-state index contributed by atoms with van der Waals surface area (Å²) >= 11 is 0. The fourth-order valence-electron chi connectivity index (χ4n) is 3.88. The van der Waals surface area contributed by atoms with Crippen LogP contribution in [-0.2, 0) is 14.3 Å². The molecule has 1 unspecified atom stereocenters. The normalized spacial score (nSPS) is 17.8. The third kappa shape index (κ3) is 4.27. The molecule has 2 aromatic carbocycles. The molecule has 1 atom stereocenters. The predicted octanol–water partition coefficient (Wildman–Crippen LogP) is 3.47. The SMILES string of the molecule is COCCCN1C(=O)C(=O)/C(=C(/O)c2ccc(OC)cc2C)C1c1ccccc1OC. The van der Waals surface area contributed by atoms with E-state index in [2.05, 4.69) is 0 Å². The number of carbonyl (C=O) groups is 2. The van der Waals surface area contributed by atoms with Gasteiger partial charge in [-0.15, -0.1) is 0 Å². The standard InChI is InChI=1S/C24H27NO6/c1-15-14-16(30-3)10-11-17(15)22(26)20-21(18-8-5-6-9-19(18)31-4)25(12-7-13-29-2)24(28)23(20)27/h5-6,8-11,14,21,26H,7,12-13H2,1-4H3/b22-20+. The Hall–Kier alpha value is -3.32. The molecule has 1 heterocycles. The van der Waals surface area contributed by atoms with Gasteiger partial charge < -0.3 is 24.2 Å². The number of para-hydroxylation sites is 1. The molecule has 1 saturated heterocycles. The number of benzene rings is 2. The molecule has 7 nitrogen and oxygen atoms in total. The summed E-state index contributed by atoms with van der Waals surface area (Å²) in [6, 6.07) is 11.6. The Bertz CT molecular complexity index is 1010. The van der Waals surface area contributed by atoms with E-state index in [1.54, 1.807) is 44.6 Å². The lowest BCUT2D eigenvalue weighted by Crippen LogP contribution is -2.31. The second-order valence-corrected chi connectivity index (χ2v) is 7.26. The van der Waals surface area contributed by atoms with Gasteiger partial charge in [0.2, 0.25) is 0 Å². The fourth-order valence-corrected chi connectivity index (χ4v) is 3.88. The zero-order chi connectivity index (χ0) is 22.5. The first-order chi connectivity index (χ1) is 14.9. The number of aliphatic hydroxyl groups excluding tert-OH is 1. The summed E-state index contributed by atoms with van der Waals surface area (Å²) in [6.45, 7) is 2.56. The zero-order valence-electron chi connectivity index (χ0n) is 18.2. The number of rotatable bonds is 8. The highest BCUT2D eigenvalue weighted by atomic mass is 16.5. The minimum absolute atomic E-state index is 0.0418. The van der Waals surface area contributed by atoms with Crippen molar-refractivity contribution in [3.8, 4) is 11.5 Å². The van der Waals surface area contributed by atoms with Gasteiger partial charge in [-0.1, -0.05) is 18.2 Å². The van der Waals surface area contributed by atoms with Crippen LogP contribution in [0.2, 0.25) is 0 Å². The number of hydrogen-bond donors (Lipinski definition) is 1. The van der Waals surface area contributed by atoms with Crippen LogP contribution in [0.1, 0.15) is 29.2 Å². The Balaban J connectivity index is 2.19. The van der Waals surface area contributed by atoms with Crippen molar-refractivity contribution in [3.05, 3.63) is 64.7 Å². The average molecular weight is 425 g/mol. The van der Waals surface area contributed by atoms with Crippen LogP contribution in [0.15, 0.2) is 48.0 Å². The fraction of sp³-hybridized carbons (Fsp3) is 0.333. The first-order valence-electron chi connectivity index (χ1n) is 9.99. The summed E-state index contributed by atoms with van der Waals surface area (Å²) in [7, 11) is 4.67. The first-order valence-corrected chi connectivity index (χ1v) is 9.99. The van der Waals surface area contributed by atoms with E-state index >= 15 is 0 Å². The smallest absolute Gasteiger partial charge is 0.295 e. The number of amides is 1. The number of carbonyl (C=O) groups excluding carboxylic acids is 2. The molecule has 1 aliphatic rings. The summed E-state index contributed by atoms with van der Waals surface area (Å²) in [6.07, 6.45) is 0.552. The molecule has 0 aliphatic carbocycles. The lowest BCUT2D eigenvalue weighted by atomic mass is 9.93. The van der Waals surface area contributed by atoms with E-state index < -0.39 is 17.7 Å². The number of ketones is 1. The number of likely N-dealkylation sites (tertiary alicyclic amines) is 1. The van der Waals surface area contributed by atoms with Gasteiger partial charge in [0.1, 0.15) is 17.3 Å². The minimum atomic E-state index is -0.769. The topological polar surface area (TPSA) is 85.3 Å². The maximum Gasteiger partial charge on any atom is 0.295 e. The van der Waals surface area contributed by atoms with Crippen LogP contribution in [0.25, 0.3) is 5.76 Å². The average Bonchev–Trinajstić information content (AvgIpc) is 3.03. The maximum absolute atomic E-state index is 13.1. The lowest BCUT2D eigenvalue weighted by molar-refractivity contribution is -0.140. The van der Waals surface area contributed by atoms with Crippen LogP contribution in [0.4, 0.5) is 0 Å². The van der Waals surface area contributed by atoms with Gasteiger partial charge in [-0.25, -0.2) is 0 Å². The summed E-state index contributed by atoms with van der Waals surface area (Å²) < 4.78 is 15.8. The molecule has 31 heavy (non-hydrogen) atoms. The monoisotopic (exact) mass is 425 g/mol. The number of nitrogens with zero attached hydrogens (tertiary/aromatic N) is 1. The Labute approximate surface area is 181 Å². The summed E-state index contributed by atoms with van der Waals surface area (Å²) in [5, 5.41) is 11.2. The van der Waals surface area contributed by atoms with Gasteiger partial charge in [-0.05, 0) is 43.2 Å². The molecule has 164 valence electrons. The van der Waals surface area contributed by atoms with Crippen LogP contribution in [0.3, 0.4) is 0 Å². The molecule has 1 aliphatic heterocycles. The van der Waals surface area contributed by atoms with Crippen LogP contribution in [0, 0.1) is 6.92 Å². The van der Waals surface area contributed by atoms with Gasteiger partial charge in [0.15, 0.2) is 0 Å². The number of hydrogen-bond acceptors (Lipinski definition) is 6. The van der Waals surface area contributed by atoms with Gasteiger partial charge in [0.05, 0.1) is 25.8 Å². The van der Waals surface area contributed by atoms with Crippen molar-refractivity contribution in [3.63, 3.8) is 0 Å². The molecule has 0 aromatic heterocycles. The second-order valence-electron chi connectivity index (χ2n) is 7.26. The van der Waals surface area contributed by atoms with Gasteiger partial charge in [-0.2, -0.15) is 0 Å². The van der Waals surface area contributed by atoms with E-state index in [0.29, 0.717) is 42.2 Å². The van der Waals surface area contributed by atoms with Gasteiger partial charge in [-0.3, -0.25) is 9.59 Å². The van der Waals surface area contributed by atoms with Crippen LogP contribution < -0.4 is 9.47 Å². The Morgan fingerprint density at radius 3 is 2.45 bits per heavy atom. The predicted molar refractivity (Wildman–Crippen MR) is 116 cm³/mol. The first kappa shape index (κ1) is 22.4. The third-order valence-electron chi connectivity index (χ3n) is 5.41. The van der Waals surface area contributed by atoms with Crippen LogP contribution in [0.5, 0.6) is 11.5 Å². The summed E-state index contributed by atoms with van der Waals surface area (Å²) in [5.74, 6) is -0.428. The van der Waals surface area contributed by atoms with Gasteiger partial charge in [0, 0.05) is 31.4 Å². The highest BCUT2D eigenvalue weighted by molar-refractivity contribution is 6.46. The number of Topliss-reactive ketones (excluding diaryl/α,β-unsaturated/α-hetero) is 1. The highest BCUT2D eigenvalue weighted by Gasteiger charge is 2.46. The lowest BCUT2D eigenvalue weighted by Gasteiger charge is -2.26. The molecule has 2 aromatic rings. The van der Waals surface area contributed by atoms with Gasteiger partial charge >= 0.3 is 0 Å². The van der Waals surface area contributed by atoms with E-state index in [-0.39, 0.29) is 11.3 Å². The maximum atomic E-state index is 13.1. The van der Waals surface area contributed by atoms with Crippen molar-refractivity contribution >= 4 is 17.4 Å². The molecule has 7 heteroatoms. The second kappa shape index (κ2) is 9.66. The van der Waals surface area contributed by atoms with Gasteiger partial charge in [0.25, 0.3) is 11.7 Å². The molecule has 0 radical (unpaired) electrons. The van der Waals surface area contributed by atoms with Crippen LogP contribution in [-0.4, -0.2) is 56.2 Å². The number of aryl methyl sites for hydroxylation is 1. The Morgan fingerprint density at radius 2 is 1.81 bits per heavy atom. The zero-order valence-corrected chi connectivity index (χ0v) is 18.2. The molecule has 1 N–H and O–H groups in total. The summed E-state index contributed by atoms with van der Waals surface area (Å²) in [4.78, 5) is 27.5. The number of methoxy groups -OCH3 is 3. The molecule has 0 saturated carbocycles. The van der Waals surface area contributed by atoms with Crippen LogP contribution >= 0.6 is 0 Å². The minimum Gasteiger partial charge on any atom is -0.507 e. The molecule has 1 fully saturated rings. The van der Waals surface area contributed by atoms with Crippen molar-refractivity contribution in [2.24, 2.45) is 0 Å². The Morgan fingerprint density at radius 1 is 1.06 bits per heavy atom. The van der Waals surface area contributed by atoms with Crippen molar-refractivity contribution in [1.82, 2.24) is 4.90 Å². The molecule has 1 amide bonds. The molecule has 0 spiro atoms. The molecular weight excluding hydrogens is 398 g/mol. The molecule has 3 rings (SSSR count). The molecular formula is C24H27NO6. The van der Waals surface area contributed by atoms with E-state index in [0.717, 1.165) is 5.56 Å². The van der Waals surface area contributed by atoms with Crippen molar-refractivity contribution in [2.75, 3.05) is 34.5 Å². The number of ether oxygens (including phenoxy) is 3. The van der Waals surface area contributed by atoms with Crippen molar-refractivity contribution in [1.29, 1.82) is 0 Å². The third-order valence-corrected chi connectivity index (χ3v) is 5.41. The van der Waals surface area contributed by atoms with E-state index in [1.807, 2.05) is 19.1 Å².